The molecule has 0 aliphatic carbocycles. The molecule has 1 aliphatic heterocycles. The van der Waals surface area contributed by atoms with Gasteiger partial charge in [0.2, 0.25) is 0 Å². The molecule has 1 aromatic heterocycles. The van der Waals surface area contributed by atoms with Crippen LogP contribution in [0.15, 0.2) is 34.2 Å². The minimum Gasteiger partial charge on any atom is -0.493 e. The van der Waals surface area contributed by atoms with Crippen LogP contribution in [0.5, 0.6) is 5.75 Å². The van der Waals surface area contributed by atoms with E-state index in [2.05, 4.69) is 9.97 Å². The lowest BCUT2D eigenvalue weighted by atomic mass is 10.1. The molecule has 136 valence electrons. The Labute approximate surface area is 155 Å². The number of hydrogen-bond acceptors (Lipinski definition) is 7. The van der Waals surface area contributed by atoms with E-state index in [0.29, 0.717) is 48.4 Å². The number of nitrogens with zero attached hydrogens (tertiary/aromatic N) is 2. The second-order valence-corrected chi connectivity index (χ2v) is 6.40. The van der Waals surface area contributed by atoms with Gasteiger partial charge in [-0.3, -0.25) is 4.79 Å². The van der Waals surface area contributed by atoms with Gasteiger partial charge in [0, 0.05) is 12.0 Å². The van der Waals surface area contributed by atoms with E-state index in [-0.39, 0.29) is 11.9 Å². The summed E-state index contributed by atoms with van der Waals surface area (Å²) < 4.78 is 16.7. The molecule has 1 N–H and O–H groups in total. The van der Waals surface area contributed by atoms with Gasteiger partial charge in [0.25, 0.3) is 5.56 Å². The zero-order chi connectivity index (χ0) is 18.4. The van der Waals surface area contributed by atoms with Gasteiger partial charge in [-0.05, 0) is 24.8 Å². The van der Waals surface area contributed by atoms with Crippen molar-refractivity contribution in [1.29, 1.82) is 5.26 Å². The van der Waals surface area contributed by atoms with E-state index in [1.54, 1.807) is 18.2 Å². The molecule has 0 bridgehead atoms. The van der Waals surface area contributed by atoms with E-state index in [1.165, 1.54) is 11.8 Å². The molecule has 3 rings (SSSR count). The van der Waals surface area contributed by atoms with Crippen LogP contribution in [-0.2, 0) is 9.47 Å². The molecule has 1 aromatic carbocycles. The number of rotatable bonds is 6. The summed E-state index contributed by atoms with van der Waals surface area (Å²) in [6.07, 6.45) is 3.13. The Morgan fingerprint density at radius 1 is 1.42 bits per heavy atom. The van der Waals surface area contributed by atoms with E-state index in [9.17, 15) is 10.1 Å². The number of ether oxygens (including phenoxy) is 3. The quantitative estimate of drug-likeness (QED) is 0.614. The third-order valence-electron chi connectivity index (χ3n) is 3.83. The first-order valence-corrected chi connectivity index (χ1v) is 9.48. The van der Waals surface area contributed by atoms with E-state index in [0.717, 1.165) is 6.42 Å². The third-order valence-corrected chi connectivity index (χ3v) is 4.41. The van der Waals surface area contributed by atoms with Gasteiger partial charge in [0.15, 0.2) is 11.4 Å². The molecule has 0 amide bonds. The highest BCUT2D eigenvalue weighted by molar-refractivity contribution is 7.98. The summed E-state index contributed by atoms with van der Waals surface area (Å²) >= 11 is 1.31. The van der Waals surface area contributed by atoms with Crippen LogP contribution >= 0.6 is 11.8 Å². The van der Waals surface area contributed by atoms with E-state index in [1.807, 2.05) is 18.4 Å². The van der Waals surface area contributed by atoms with Crippen molar-refractivity contribution in [3.05, 3.63) is 40.2 Å². The molecule has 0 atom stereocenters. The van der Waals surface area contributed by atoms with Gasteiger partial charge >= 0.3 is 0 Å². The molecular weight excluding hydrogens is 354 g/mol. The Bertz CT molecular complexity index is 856. The Balaban J connectivity index is 1.76. The highest BCUT2D eigenvalue weighted by atomic mass is 32.2. The van der Waals surface area contributed by atoms with Crippen LogP contribution in [-0.4, -0.2) is 42.3 Å². The summed E-state index contributed by atoms with van der Waals surface area (Å²) in [5.74, 6) is 0.634. The molecule has 7 nitrogen and oxygen atoms in total. The molecule has 8 heteroatoms. The molecule has 0 unspecified atom stereocenters. The van der Waals surface area contributed by atoms with Crippen molar-refractivity contribution in [3.8, 4) is 23.1 Å². The highest BCUT2D eigenvalue weighted by Crippen LogP contribution is 2.25. The summed E-state index contributed by atoms with van der Waals surface area (Å²) in [4.78, 5) is 19.0. The summed E-state index contributed by atoms with van der Waals surface area (Å²) in [6.45, 7) is 1.87. The average Bonchev–Trinajstić information content (AvgIpc) is 2.68. The lowest BCUT2D eigenvalue weighted by Gasteiger charge is -2.23. The molecule has 2 aromatic rings. The van der Waals surface area contributed by atoms with E-state index < -0.39 is 5.56 Å². The van der Waals surface area contributed by atoms with Gasteiger partial charge in [-0.25, -0.2) is 4.98 Å². The smallest absolute Gasteiger partial charge is 0.270 e. The van der Waals surface area contributed by atoms with Crippen LogP contribution in [0.1, 0.15) is 18.4 Å². The largest absolute Gasteiger partial charge is 0.493 e. The van der Waals surface area contributed by atoms with Crippen LogP contribution < -0.4 is 10.3 Å². The number of aromatic amines is 1. The molecule has 0 radical (unpaired) electrons. The molecule has 1 aliphatic rings. The molecule has 0 spiro atoms. The fourth-order valence-electron chi connectivity index (χ4n) is 2.57. The van der Waals surface area contributed by atoms with Crippen molar-refractivity contribution < 1.29 is 14.2 Å². The highest BCUT2D eigenvalue weighted by Gasteiger charge is 2.15. The minimum atomic E-state index is -0.445. The second-order valence-electron chi connectivity index (χ2n) is 5.60. The minimum absolute atomic E-state index is 0.0102. The van der Waals surface area contributed by atoms with Crippen molar-refractivity contribution in [2.24, 2.45) is 0 Å². The number of thioether (sulfide) groups is 1. The van der Waals surface area contributed by atoms with Gasteiger partial charge in [-0.15, -0.1) is 0 Å². The average molecular weight is 373 g/mol. The molecular formula is C18H19N3O4S. The fourth-order valence-corrected chi connectivity index (χ4v) is 2.95. The fraction of sp³-hybridized carbons (Fsp3) is 0.389. The van der Waals surface area contributed by atoms with Gasteiger partial charge in [0.1, 0.15) is 17.4 Å². The Morgan fingerprint density at radius 2 is 2.23 bits per heavy atom. The van der Waals surface area contributed by atoms with E-state index in [4.69, 9.17) is 14.2 Å². The first kappa shape index (κ1) is 18.5. The molecule has 1 fully saturated rings. The van der Waals surface area contributed by atoms with Crippen molar-refractivity contribution in [3.63, 3.8) is 0 Å². The zero-order valence-electron chi connectivity index (χ0n) is 14.4. The summed E-state index contributed by atoms with van der Waals surface area (Å²) in [6, 6.07) is 9.13. The number of H-pyrrole nitrogens is 1. The normalized spacial score (nSPS) is 14.8. The Hall–Kier alpha value is -2.34. The summed E-state index contributed by atoms with van der Waals surface area (Å²) in [5, 5.41) is 9.76. The monoisotopic (exact) mass is 373 g/mol. The van der Waals surface area contributed by atoms with Crippen molar-refractivity contribution in [2.45, 2.75) is 24.3 Å². The maximum Gasteiger partial charge on any atom is 0.270 e. The predicted molar refractivity (Wildman–Crippen MR) is 97.2 cm³/mol. The van der Waals surface area contributed by atoms with Crippen molar-refractivity contribution >= 4 is 11.8 Å². The number of nitrogens with one attached hydrogen (secondary N) is 1. The Morgan fingerprint density at radius 3 is 2.96 bits per heavy atom. The third kappa shape index (κ3) is 4.43. The predicted octanol–water partition coefficient (Wildman–Crippen LogP) is 2.56. The lowest BCUT2D eigenvalue weighted by molar-refractivity contribution is -0.183. The molecule has 2 heterocycles. The zero-order valence-corrected chi connectivity index (χ0v) is 15.2. The van der Waals surface area contributed by atoms with Crippen LogP contribution in [0.25, 0.3) is 11.3 Å². The topological polar surface area (TPSA) is 97.2 Å². The first-order valence-electron chi connectivity index (χ1n) is 8.26. The van der Waals surface area contributed by atoms with Crippen molar-refractivity contribution in [2.75, 3.05) is 26.1 Å². The van der Waals surface area contributed by atoms with Crippen LogP contribution in [0.2, 0.25) is 0 Å². The second kappa shape index (κ2) is 8.85. The molecule has 1 saturated heterocycles. The number of benzene rings is 1. The van der Waals surface area contributed by atoms with Crippen molar-refractivity contribution in [1.82, 2.24) is 9.97 Å². The summed E-state index contributed by atoms with van der Waals surface area (Å²) in [5.41, 5.74) is 0.555. The Kier molecular flexibility index (Phi) is 6.28. The lowest BCUT2D eigenvalue weighted by Crippen LogP contribution is -2.26. The SMILES string of the molecule is CSc1nc(-c2cccc(OCCC3OCCCO3)c2)c(C#N)c(=O)[nH]1. The van der Waals surface area contributed by atoms with Gasteiger partial charge in [-0.2, -0.15) is 5.26 Å². The molecule has 26 heavy (non-hydrogen) atoms. The number of nitriles is 1. The number of hydrogen-bond donors (Lipinski definition) is 1. The van der Waals surface area contributed by atoms with Crippen LogP contribution in [0.4, 0.5) is 0 Å². The first-order chi connectivity index (χ1) is 12.7. The standard InChI is InChI=1S/C18H19N3O4S/c1-26-18-20-16(14(11-19)17(22)21-18)12-4-2-5-13(10-12)23-9-6-15-24-7-3-8-25-15/h2,4-5,10,15H,3,6-9H2,1H3,(H,20,21,22). The van der Waals surface area contributed by atoms with Crippen LogP contribution in [0.3, 0.4) is 0 Å². The van der Waals surface area contributed by atoms with Crippen LogP contribution in [0, 0.1) is 11.3 Å². The maximum atomic E-state index is 12.1. The van der Waals surface area contributed by atoms with E-state index >= 15 is 0 Å². The number of aromatic nitrogens is 2. The van der Waals surface area contributed by atoms with Gasteiger partial charge in [-0.1, -0.05) is 23.9 Å². The van der Waals surface area contributed by atoms with Gasteiger partial charge < -0.3 is 19.2 Å². The summed E-state index contributed by atoms with van der Waals surface area (Å²) in [7, 11) is 0. The molecule has 0 saturated carbocycles. The maximum absolute atomic E-state index is 12.1. The van der Waals surface area contributed by atoms with Gasteiger partial charge in [0.05, 0.1) is 25.5 Å².